The molecule has 1 unspecified atom stereocenters. The molecule has 0 bridgehead atoms. The maximum absolute atomic E-state index is 11.4. The summed E-state index contributed by atoms with van der Waals surface area (Å²) in [4.78, 5) is 11.4. The van der Waals surface area contributed by atoms with Crippen LogP contribution in [0.2, 0.25) is 0 Å². The van der Waals surface area contributed by atoms with Gasteiger partial charge in [0.1, 0.15) is 5.60 Å². The van der Waals surface area contributed by atoms with Crippen LogP contribution in [0.25, 0.3) is 0 Å². The van der Waals surface area contributed by atoms with Gasteiger partial charge >= 0.3 is 5.97 Å². The first-order valence-electron chi connectivity index (χ1n) is 5.33. The minimum atomic E-state index is -3.53. The Bertz CT molecular complexity index is 385. The lowest BCUT2D eigenvalue weighted by Crippen LogP contribution is -2.33. The standard InChI is InChI=1S/C11H20O5S/c1-6-11(4,16-10(12)9(2)3)7-8-17(13,14)15-5/h2,6-8H2,1,3-5H3. The molecular formula is C11H20O5S. The van der Waals surface area contributed by atoms with Crippen LogP contribution in [0.1, 0.15) is 33.6 Å². The molecule has 0 aromatic heterocycles. The molecule has 0 aliphatic heterocycles. The van der Waals surface area contributed by atoms with Crippen molar-refractivity contribution in [1.29, 1.82) is 0 Å². The molecule has 0 aromatic rings. The van der Waals surface area contributed by atoms with Crippen LogP contribution in [0.3, 0.4) is 0 Å². The molecule has 100 valence electrons. The number of hydrogen-bond acceptors (Lipinski definition) is 5. The third-order valence-corrected chi connectivity index (χ3v) is 3.78. The van der Waals surface area contributed by atoms with Crippen LogP contribution in [0.4, 0.5) is 0 Å². The molecule has 1 atom stereocenters. The molecule has 17 heavy (non-hydrogen) atoms. The van der Waals surface area contributed by atoms with Crippen molar-refractivity contribution in [1.82, 2.24) is 0 Å². The first-order chi connectivity index (χ1) is 7.66. The predicted octanol–water partition coefficient (Wildman–Crippen LogP) is 1.64. The number of carbonyl (C=O) groups excluding carboxylic acids is 1. The zero-order valence-electron chi connectivity index (χ0n) is 10.8. The monoisotopic (exact) mass is 264 g/mol. The third kappa shape index (κ3) is 5.83. The summed E-state index contributed by atoms with van der Waals surface area (Å²) in [7, 11) is -2.42. The second-order valence-corrected chi connectivity index (χ2v) is 6.01. The molecule has 0 saturated carbocycles. The molecule has 0 amide bonds. The molecule has 5 nitrogen and oxygen atoms in total. The van der Waals surface area contributed by atoms with E-state index in [2.05, 4.69) is 10.8 Å². The topological polar surface area (TPSA) is 69.7 Å². The molecule has 0 heterocycles. The summed E-state index contributed by atoms with van der Waals surface area (Å²) in [5.41, 5.74) is -0.527. The average Bonchev–Trinajstić information content (AvgIpc) is 2.26. The quantitative estimate of drug-likeness (QED) is 0.397. The van der Waals surface area contributed by atoms with Gasteiger partial charge in [-0.15, -0.1) is 0 Å². The van der Waals surface area contributed by atoms with E-state index in [-0.39, 0.29) is 12.2 Å². The fourth-order valence-corrected chi connectivity index (χ4v) is 1.88. The van der Waals surface area contributed by atoms with Crippen molar-refractivity contribution < 1.29 is 22.1 Å². The van der Waals surface area contributed by atoms with Crippen LogP contribution >= 0.6 is 0 Å². The van der Waals surface area contributed by atoms with Crippen LogP contribution in [-0.2, 0) is 23.8 Å². The van der Waals surface area contributed by atoms with Gasteiger partial charge in [0.05, 0.1) is 12.9 Å². The highest BCUT2D eigenvalue weighted by Gasteiger charge is 2.29. The predicted molar refractivity (Wildman–Crippen MR) is 65.0 cm³/mol. The fourth-order valence-electron chi connectivity index (χ4n) is 1.04. The van der Waals surface area contributed by atoms with Gasteiger partial charge in [0.15, 0.2) is 0 Å². The highest BCUT2D eigenvalue weighted by Crippen LogP contribution is 2.22. The Morgan fingerprint density at radius 1 is 1.41 bits per heavy atom. The van der Waals surface area contributed by atoms with Gasteiger partial charge in [-0.05, 0) is 20.3 Å². The van der Waals surface area contributed by atoms with Crippen LogP contribution in [0.5, 0.6) is 0 Å². The molecule has 0 rings (SSSR count). The highest BCUT2D eigenvalue weighted by molar-refractivity contribution is 7.86. The van der Waals surface area contributed by atoms with Crippen molar-refractivity contribution in [2.24, 2.45) is 0 Å². The molecule has 0 aliphatic carbocycles. The highest BCUT2D eigenvalue weighted by atomic mass is 32.2. The Kier molecular flexibility index (Phi) is 5.84. The van der Waals surface area contributed by atoms with Crippen LogP contribution in [-0.4, -0.2) is 32.9 Å². The lowest BCUT2D eigenvalue weighted by molar-refractivity contribution is -0.153. The lowest BCUT2D eigenvalue weighted by atomic mass is 10.00. The van der Waals surface area contributed by atoms with Crippen molar-refractivity contribution >= 4 is 16.1 Å². The van der Waals surface area contributed by atoms with Gasteiger partial charge < -0.3 is 4.74 Å². The molecule has 0 N–H and O–H groups in total. The van der Waals surface area contributed by atoms with Gasteiger partial charge in [-0.3, -0.25) is 4.18 Å². The molecule has 0 fully saturated rings. The normalized spacial score (nSPS) is 15.1. The SMILES string of the molecule is C=C(C)C(=O)OC(C)(CC)CCS(=O)(=O)OC. The number of rotatable bonds is 7. The van der Waals surface area contributed by atoms with E-state index in [1.165, 1.54) is 0 Å². The summed E-state index contributed by atoms with van der Waals surface area (Å²) >= 11 is 0. The second kappa shape index (κ2) is 6.16. The van der Waals surface area contributed by atoms with Gasteiger partial charge in [-0.2, -0.15) is 8.42 Å². The summed E-state index contributed by atoms with van der Waals surface area (Å²) in [5, 5.41) is 0. The van der Waals surface area contributed by atoms with Gasteiger partial charge in [0.2, 0.25) is 0 Å². The molecule has 0 spiro atoms. The second-order valence-electron chi connectivity index (χ2n) is 4.15. The van der Waals surface area contributed by atoms with E-state index in [4.69, 9.17) is 4.74 Å². The zero-order chi connectivity index (χ0) is 13.7. The summed E-state index contributed by atoms with van der Waals surface area (Å²) in [6, 6.07) is 0. The Balaban J connectivity index is 4.59. The van der Waals surface area contributed by atoms with Crippen molar-refractivity contribution in [3.8, 4) is 0 Å². The number of esters is 1. The first kappa shape index (κ1) is 16.1. The van der Waals surface area contributed by atoms with E-state index in [1.807, 2.05) is 6.92 Å². The van der Waals surface area contributed by atoms with E-state index >= 15 is 0 Å². The van der Waals surface area contributed by atoms with E-state index < -0.39 is 21.7 Å². The van der Waals surface area contributed by atoms with Crippen molar-refractivity contribution in [3.05, 3.63) is 12.2 Å². The fraction of sp³-hybridized carbons (Fsp3) is 0.727. The minimum absolute atomic E-state index is 0.183. The Morgan fingerprint density at radius 3 is 2.29 bits per heavy atom. The van der Waals surface area contributed by atoms with Gasteiger partial charge in [-0.1, -0.05) is 13.5 Å². The van der Waals surface area contributed by atoms with Crippen molar-refractivity contribution in [3.63, 3.8) is 0 Å². The summed E-state index contributed by atoms with van der Waals surface area (Å²) in [6.45, 7) is 8.55. The van der Waals surface area contributed by atoms with E-state index in [1.54, 1.807) is 13.8 Å². The molecule has 0 saturated heterocycles. The lowest BCUT2D eigenvalue weighted by Gasteiger charge is -2.28. The van der Waals surface area contributed by atoms with Crippen molar-refractivity contribution in [2.75, 3.05) is 12.9 Å². The first-order valence-corrected chi connectivity index (χ1v) is 6.90. The van der Waals surface area contributed by atoms with Crippen LogP contribution in [0, 0.1) is 0 Å². The Hall–Kier alpha value is -0.880. The van der Waals surface area contributed by atoms with Gasteiger partial charge in [0, 0.05) is 12.0 Å². The number of carbonyl (C=O) groups is 1. The molecule has 6 heteroatoms. The molecular weight excluding hydrogens is 244 g/mol. The third-order valence-electron chi connectivity index (χ3n) is 2.57. The Morgan fingerprint density at radius 2 is 1.94 bits per heavy atom. The molecule has 0 aliphatic rings. The number of hydrogen-bond donors (Lipinski definition) is 0. The maximum Gasteiger partial charge on any atom is 0.333 e. The number of ether oxygens (including phenoxy) is 1. The van der Waals surface area contributed by atoms with E-state index in [0.717, 1.165) is 7.11 Å². The van der Waals surface area contributed by atoms with Crippen molar-refractivity contribution in [2.45, 2.75) is 39.2 Å². The average molecular weight is 264 g/mol. The van der Waals surface area contributed by atoms with E-state index in [9.17, 15) is 13.2 Å². The van der Waals surface area contributed by atoms with Gasteiger partial charge in [0.25, 0.3) is 10.1 Å². The summed E-state index contributed by atoms with van der Waals surface area (Å²) in [6.07, 6.45) is 0.712. The van der Waals surface area contributed by atoms with E-state index in [0.29, 0.717) is 12.0 Å². The zero-order valence-corrected chi connectivity index (χ0v) is 11.6. The van der Waals surface area contributed by atoms with Crippen LogP contribution < -0.4 is 0 Å². The maximum atomic E-state index is 11.4. The minimum Gasteiger partial charge on any atom is -0.456 e. The smallest absolute Gasteiger partial charge is 0.333 e. The summed E-state index contributed by atoms with van der Waals surface area (Å²) < 4.78 is 32.0. The Labute approximate surface area is 103 Å². The van der Waals surface area contributed by atoms with Gasteiger partial charge in [-0.25, -0.2) is 4.79 Å². The molecule has 0 aromatic carbocycles. The van der Waals surface area contributed by atoms with Crippen LogP contribution in [0.15, 0.2) is 12.2 Å². The summed E-state index contributed by atoms with van der Waals surface area (Å²) in [5.74, 6) is -0.693. The molecule has 0 radical (unpaired) electrons. The largest absolute Gasteiger partial charge is 0.456 e.